The van der Waals surface area contributed by atoms with E-state index in [2.05, 4.69) is 5.32 Å². The van der Waals surface area contributed by atoms with Crippen molar-refractivity contribution >= 4 is 35.0 Å². The normalized spacial score (nSPS) is 12.0. The zero-order valence-corrected chi connectivity index (χ0v) is 12.3. The Hall–Kier alpha value is -2.40. The Bertz CT molecular complexity index is 620. The van der Waals surface area contributed by atoms with Gasteiger partial charge in [0.25, 0.3) is 5.91 Å². The molecule has 0 bridgehead atoms. The van der Waals surface area contributed by atoms with E-state index < -0.39 is 12.1 Å². The molecule has 0 aliphatic rings. The minimum absolute atomic E-state index is 0.362. The van der Waals surface area contributed by atoms with Crippen LogP contribution in [-0.2, 0) is 14.3 Å². The van der Waals surface area contributed by atoms with Crippen molar-refractivity contribution in [2.24, 2.45) is 0 Å². The van der Waals surface area contributed by atoms with Crippen molar-refractivity contribution in [3.8, 4) is 0 Å². The first-order chi connectivity index (χ1) is 10.1. The Morgan fingerprint density at radius 2 is 1.95 bits per heavy atom. The predicted octanol–water partition coefficient (Wildman–Crippen LogP) is 3.33. The zero-order chi connectivity index (χ0) is 15.1. The predicted molar refractivity (Wildman–Crippen MR) is 84.0 cm³/mol. The van der Waals surface area contributed by atoms with Crippen molar-refractivity contribution in [3.63, 3.8) is 0 Å². The van der Waals surface area contributed by atoms with Crippen LogP contribution in [0.25, 0.3) is 6.08 Å². The van der Waals surface area contributed by atoms with Crippen molar-refractivity contribution in [1.29, 1.82) is 0 Å². The van der Waals surface area contributed by atoms with Crippen LogP contribution in [0.1, 0.15) is 11.8 Å². The third kappa shape index (κ3) is 4.89. The van der Waals surface area contributed by atoms with E-state index in [1.54, 1.807) is 18.2 Å². The van der Waals surface area contributed by atoms with E-state index in [-0.39, 0.29) is 5.91 Å². The van der Waals surface area contributed by atoms with Gasteiger partial charge in [0.05, 0.1) is 0 Å². The average Bonchev–Trinajstić information content (AvgIpc) is 2.99. The molecule has 5 heteroatoms. The van der Waals surface area contributed by atoms with Crippen molar-refractivity contribution < 1.29 is 14.3 Å². The molecule has 2 aromatic rings. The van der Waals surface area contributed by atoms with Crippen LogP contribution in [0.2, 0.25) is 0 Å². The average molecular weight is 301 g/mol. The second-order valence-corrected chi connectivity index (χ2v) is 5.26. The molecule has 1 N–H and O–H groups in total. The van der Waals surface area contributed by atoms with Gasteiger partial charge in [-0.15, -0.1) is 11.3 Å². The highest BCUT2D eigenvalue weighted by Gasteiger charge is 2.16. The van der Waals surface area contributed by atoms with Crippen molar-refractivity contribution in [2.75, 3.05) is 5.32 Å². The molecule has 0 unspecified atom stereocenters. The monoisotopic (exact) mass is 301 g/mol. The number of ether oxygens (including phenoxy) is 1. The summed E-state index contributed by atoms with van der Waals surface area (Å²) in [6.45, 7) is 1.54. The van der Waals surface area contributed by atoms with Crippen LogP contribution < -0.4 is 5.32 Å². The minimum atomic E-state index is -0.856. The number of hydrogen-bond donors (Lipinski definition) is 1. The fourth-order valence-corrected chi connectivity index (χ4v) is 2.19. The van der Waals surface area contributed by atoms with Crippen LogP contribution >= 0.6 is 11.3 Å². The smallest absolute Gasteiger partial charge is 0.331 e. The number of carbonyl (C=O) groups is 2. The maximum Gasteiger partial charge on any atom is 0.331 e. The molecular formula is C16H15NO3S. The Morgan fingerprint density at radius 1 is 1.19 bits per heavy atom. The molecule has 0 saturated carbocycles. The Kier molecular flexibility index (Phi) is 5.29. The van der Waals surface area contributed by atoms with Gasteiger partial charge in [0.1, 0.15) is 0 Å². The fraction of sp³-hybridized carbons (Fsp3) is 0.125. The van der Waals surface area contributed by atoms with Gasteiger partial charge < -0.3 is 10.1 Å². The third-order valence-corrected chi connectivity index (χ3v) is 3.47. The summed E-state index contributed by atoms with van der Waals surface area (Å²) in [5.74, 6) is -0.904. The molecule has 108 valence electrons. The van der Waals surface area contributed by atoms with Gasteiger partial charge in [-0.3, -0.25) is 4.79 Å². The fourth-order valence-electron chi connectivity index (χ4n) is 1.57. The first-order valence-corrected chi connectivity index (χ1v) is 7.31. The summed E-state index contributed by atoms with van der Waals surface area (Å²) in [5.41, 5.74) is 0.666. The van der Waals surface area contributed by atoms with Gasteiger partial charge in [-0.2, -0.15) is 0 Å². The quantitative estimate of drug-likeness (QED) is 0.681. The van der Waals surface area contributed by atoms with Crippen LogP contribution in [0.4, 0.5) is 5.69 Å². The third-order valence-electron chi connectivity index (χ3n) is 2.63. The van der Waals surface area contributed by atoms with Gasteiger partial charge in [-0.25, -0.2) is 4.79 Å². The largest absolute Gasteiger partial charge is 0.449 e. The number of esters is 1. The zero-order valence-electron chi connectivity index (χ0n) is 11.5. The van der Waals surface area contributed by atoms with Crippen molar-refractivity contribution in [1.82, 2.24) is 0 Å². The molecule has 21 heavy (non-hydrogen) atoms. The summed E-state index contributed by atoms with van der Waals surface area (Å²) >= 11 is 1.52. The number of para-hydroxylation sites is 1. The summed E-state index contributed by atoms with van der Waals surface area (Å²) in [4.78, 5) is 24.4. The molecule has 0 aliphatic carbocycles. The van der Waals surface area contributed by atoms with Crippen LogP contribution in [0.15, 0.2) is 53.9 Å². The molecule has 4 nitrogen and oxygen atoms in total. The van der Waals surface area contributed by atoms with Crippen molar-refractivity contribution in [2.45, 2.75) is 13.0 Å². The summed E-state index contributed by atoms with van der Waals surface area (Å²) in [5, 5.41) is 4.60. The van der Waals surface area contributed by atoms with Gasteiger partial charge >= 0.3 is 5.97 Å². The number of thiophene rings is 1. The molecule has 1 amide bonds. The van der Waals surface area contributed by atoms with Gasteiger partial charge in [0.15, 0.2) is 6.10 Å². The number of benzene rings is 1. The number of anilines is 1. The summed E-state index contributed by atoms with van der Waals surface area (Å²) < 4.78 is 5.05. The number of amides is 1. The summed E-state index contributed by atoms with van der Waals surface area (Å²) in [7, 11) is 0. The van der Waals surface area contributed by atoms with Crippen LogP contribution in [-0.4, -0.2) is 18.0 Å². The maximum atomic E-state index is 11.9. The lowest BCUT2D eigenvalue weighted by molar-refractivity contribution is -0.148. The van der Waals surface area contributed by atoms with Crippen LogP contribution in [0.5, 0.6) is 0 Å². The lowest BCUT2D eigenvalue weighted by Crippen LogP contribution is -2.29. The number of carbonyl (C=O) groups excluding carboxylic acids is 2. The molecule has 1 heterocycles. The molecule has 0 spiro atoms. The molecule has 0 saturated heterocycles. The maximum absolute atomic E-state index is 11.9. The molecule has 1 aromatic heterocycles. The first kappa shape index (κ1) is 15.0. The Labute approximate surface area is 127 Å². The van der Waals surface area contributed by atoms with E-state index in [1.807, 2.05) is 35.7 Å². The summed E-state index contributed by atoms with van der Waals surface area (Å²) in [6.07, 6.45) is 2.12. The van der Waals surface area contributed by atoms with Crippen molar-refractivity contribution in [3.05, 3.63) is 58.8 Å². The standard InChI is InChI=1S/C16H15NO3S/c1-12(16(19)17-13-6-3-2-4-7-13)20-15(18)10-9-14-8-5-11-21-14/h2-12H,1H3,(H,17,19)/b10-9+/t12-/m0/s1. The van der Waals surface area contributed by atoms with Crippen LogP contribution in [0, 0.1) is 0 Å². The SMILES string of the molecule is C[C@H](OC(=O)/C=C/c1cccs1)C(=O)Nc1ccccc1. The highest BCUT2D eigenvalue weighted by atomic mass is 32.1. The number of hydrogen-bond acceptors (Lipinski definition) is 4. The highest BCUT2D eigenvalue weighted by molar-refractivity contribution is 7.10. The lowest BCUT2D eigenvalue weighted by atomic mass is 10.3. The second-order valence-electron chi connectivity index (χ2n) is 4.28. The lowest BCUT2D eigenvalue weighted by Gasteiger charge is -2.12. The molecule has 1 aromatic carbocycles. The van der Waals surface area contributed by atoms with Gasteiger partial charge in [-0.05, 0) is 36.6 Å². The van der Waals surface area contributed by atoms with Gasteiger partial charge in [-0.1, -0.05) is 24.3 Å². The topological polar surface area (TPSA) is 55.4 Å². The van der Waals surface area contributed by atoms with E-state index >= 15 is 0 Å². The number of nitrogens with one attached hydrogen (secondary N) is 1. The van der Waals surface area contributed by atoms with Gasteiger partial charge in [0.2, 0.25) is 0 Å². The Morgan fingerprint density at radius 3 is 2.62 bits per heavy atom. The minimum Gasteiger partial charge on any atom is -0.449 e. The molecule has 2 rings (SSSR count). The molecule has 0 radical (unpaired) electrons. The molecule has 0 aliphatic heterocycles. The first-order valence-electron chi connectivity index (χ1n) is 6.43. The van der Waals surface area contributed by atoms with E-state index in [1.165, 1.54) is 24.3 Å². The van der Waals surface area contributed by atoms with E-state index in [4.69, 9.17) is 4.74 Å². The highest BCUT2D eigenvalue weighted by Crippen LogP contribution is 2.11. The van der Waals surface area contributed by atoms with Gasteiger partial charge in [0, 0.05) is 16.6 Å². The second kappa shape index (κ2) is 7.40. The number of rotatable bonds is 5. The summed E-state index contributed by atoms with van der Waals surface area (Å²) in [6, 6.07) is 12.8. The van der Waals surface area contributed by atoms with E-state index in [0.29, 0.717) is 5.69 Å². The Balaban J connectivity index is 1.84. The molecule has 0 fully saturated rings. The molecule has 1 atom stereocenters. The van der Waals surface area contributed by atoms with E-state index in [0.717, 1.165) is 4.88 Å². The van der Waals surface area contributed by atoms with Crippen LogP contribution in [0.3, 0.4) is 0 Å². The molecular weight excluding hydrogens is 286 g/mol. The van der Waals surface area contributed by atoms with E-state index in [9.17, 15) is 9.59 Å².